The molecule has 0 aliphatic rings. The molecule has 0 saturated heterocycles. The molecule has 0 amide bonds. The smallest absolute Gasteiger partial charge is 0.226 e. The van der Waals surface area contributed by atoms with Crippen LogP contribution in [0.5, 0.6) is 0 Å². The van der Waals surface area contributed by atoms with Gasteiger partial charge in [-0.15, -0.1) is 0 Å². The van der Waals surface area contributed by atoms with E-state index >= 15 is 0 Å². The summed E-state index contributed by atoms with van der Waals surface area (Å²) in [5, 5.41) is 0. The molecule has 1 heterocycles. The quantitative estimate of drug-likeness (QED) is 0.729. The van der Waals surface area contributed by atoms with E-state index < -0.39 is 0 Å². The second kappa shape index (κ2) is 3.89. The largest absolute Gasteiger partial charge is 0.441 e. The zero-order valence-corrected chi connectivity index (χ0v) is 8.95. The molecule has 16 heavy (non-hydrogen) atoms. The maximum absolute atomic E-state index is 12.7. The SMILES string of the molecule is CC(=O)c1nc(-c2ccc(F)cc2)oc1C. The summed E-state index contributed by atoms with van der Waals surface area (Å²) in [6.45, 7) is 3.11. The highest BCUT2D eigenvalue weighted by Gasteiger charge is 2.14. The van der Waals surface area contributed by atoms with Gasteiger partial charge in [0, 0.05) is 12.5 Å². The molecule has 0 radical (unpaired) electrons. The number of aryl methyl sites for hydroxylation is 1. The summed E-state index contributed by atoms with van der Waals surface area (Å²) in [7, 11) is 0. The number of aromatic nitrogens is 1. The van der Waals surface area contributed by atoms with Crippen LogP contribution in [-0.2, 0) is 0 Å². The van der Waals surface area contributed by atoms with E-state index in [1.807, 2.05) is 0 Å². The molecule has 0 N–H and O–H groups in total. The first-order valence-corrected chi connectivity index (χ1v) is 4.82. The highest BCUT2D eigenvalue weighted by Crippen LogP contribution is 2.22. The van der Waals surface area contributed by atoms with E-state index in [0.717, 1.165) is 0 Å². The summed E-state index contributed by atoms with van der Waals surface area (Å²) in [5.41, 5.74) is 0.969. The maximum atomic E-state index is 12.7. The number of hydrogen-bond acceptors (Lipinski definition) is 3. The van der Waals surface area contributed by atoms with Crippen LogP contribution in [0.15, 0.2) is 28.7 Å². The standard InChI is InChI=1S/C12H10FNO2/c1-7(15)11-8(2)16-12(14-11)9-3-5-10(13)6-4-9/h3-6H,1-2H3. The molecular formula is C12H10FNO2. The number of carbonyl (C=O) groups excluding carboxylic acids is 1. The van der Waals surface area contributed by atoms with Gasteiger partial charge in [-0.1, -0.05) is 0 Å². The number of hydrogen-bond donors (Lipinski definition) is 0. The zero-order valence-electron chi connectivity index (χ0n) is 8.95. The molecule has 0 spiro atoms. The first-order chi connectivity index (χ1) is 7.58. The van der Waals surface area contributed by atoms with Gasteiger partial charge in [0.2, 0.25) is 5.89 Å². The molecule has 2 rings (SSSR count). The molecule has 3 nitrogen and oxygen atoms in total. The fraction of sp³-hybridized carbons (Fsp3) is 0.167. The van der Waals surface area contributed by atoms with E-state index in [-0.39, 0.29) is 11.6 Å². The molecule has 0 unspecified atom stereocenters. The number of halogens is 1. The average molecular weight is 219 g/mol. The van der Waals surface area contributed by atoms with Gasteiger partial charge in [-0.2, -0.15) is 0 Å². The molecule has 82 valence electrons. The van der Waals surface area contributed by atoms with Gasteiger partial charge in [-0.3, -0.25) is 4.79 Å². The van der Waals surface area contributed by atoms with Gasteiger partial charge in [-0.05, 0) is 31.2 Å². The molecule has 0 aliphatic heterocycles. The summed E-state index contributed by atoms with van der Waals surface area (Å²) < 4.78 is 18.1. The topological polar surface area (TPSA) is 43.1 Å². The highest BCUT2D eigenvalue weighted by molar-refractivity contribution is 5.93. The van der Waals surface area contributed by atoms with Crippen LogP contribution < -0.4 is 0 Å². The summed E-state index contributed by atoms with van der Waals surface area (Å²) in [6.07, 6.45) is 0. The Labute approximate surface area is 91.9 Å². The van der Waals surface area contributed by atoms with E-state index in [1.54, 1.807) is 19.1 Å². The Morgan fingerprint density at radius 1 is 1.31 bits per heavy atom. The van der Waals surface area contributed by atoms with Crippen molar-refractivity contribution < 1.29 is 13.6 Å². The molecule has 0 bridgehead atoms. The minimum atomic E-state index is -0.321. The molecule has 2 aromatic rings. The third-order valence-electron chi connectivity index (χ3n) is 2.22. The molecule has 0 fully saturated rings. The fourth-order valence-electron chi connectivity index (χ4n) is 1.44. The molecule has 0 atom stereocenters. The van der Waals surface area contributed by atoms with Crippen molar-refractivity contribution in [1.82, 2.24) is 4.98 Å². The number of nitrogens with zero attached hydrogens (tertiary/aromatic N) is 1. The van der Waals surface area contributed by atoms with Gasteiger partial charge in [0.1, 0.15) is 17.3 Å². The predicted molar refractivity (Wildman–Crippen MR) is 56.6 cm³/mol. The fourth-order valence-corrected chi connectivity index (χ4v) is 1.44. The normalized spacial score (nSPS) is 10.4. The van der Waals surface area contributed by atoms with Gasteiger partial charge >= 0.3 is 0 Å². The van der Waals surface area contributed by atoms with Crippen LogP contribution in [0.2, 0.25) is 0 Å². The summed E-state index contributed by atoms with van der Waals surface area (Å²) in [4.78, 5) is 15.3. The molecular weight excluding hydrogens is 209 g/mol. The van der Waals surface area contributed by atoms with Crippen LogP contribution in [0.3, 0.4) is 0 Å². The second-order valence-corrected chi connectivity index (χ2v) is 3.49. The van der Waals surface area contributed by atoms with Gasteiger partial charge in [0.25, 0.3) is 0 Å². The molecule has 4 heteroatoms. The molecule has 0 saturated carbocycles. The van der Waals surface area contributed by atoms with Gasteiger partial charge in [0.05, 0.1) is 0 Å². The van der Waals surface area contributed by atoms with Crippen molar-refractivity contribution in [3.63, 3.8) is 0 Å². The molecule has 1 aromatic carbocycles. The van der Waals surface area contributed by atoms with Crippen LogP contribution in [0.25, 0.3) is 11.5 Å². The molecule has 1 aromatic heterocycles. The van der Waals surface area contributed by atoms with Gasteiger partial charge in [0.15, 0.2) is 5.78 Å². The Hall–Kier alpha value is -1.97. The number of carbonyl (C=O) groups is 1. The maximum Gasteiger partial charge on any atom is 0.226 e. The van der Waals surface area contributed by atoms with Crippen molar-refractivity contribution in [2.24, 2.45) is 0 Å². The molecule has 0 aliphatic carbocycles. The lowest BCUT2D eigenvalue weighted by atomic mass is 10.2. The van der Waals surface area contributed by atoms with Gasteiger partial charge < -0.3 is 4.42 Å². The van der Waals surface area contributed by atoms with Crippen LogP contribution in [0.1, 0.15) is 23.2 Å². The van der Waals surface area contributed by atoms with Gasteiger partial charge in [-0.25, -0.2) is 9.37 Å². The Morgan fingerprint density at radius 2 is 1.94 bits per heavy atom. The van der Waals surface area contributed by atoms with Crippen LogP contribution in [0, 0.1) is 12.7 Å². The van der Waals surface area contributed by atoms with E-state index in [9.17, 15) is 9.18 Å². The van der Waals surface area contributed by atoms with E-state index in [2.05, 4.69) is 4.98 Å². The number of ketones is 1. The number of benzene rings is 1. The first-order valence-electron chi connectivity index (χ1n) is 4.82. The van der Waals surface area contributed by atoms with Crippen molar-refractivity contribution in [3.8, 4) is 11.5 Å². The Morgan fingerprint density at radius 3 is 2.44 bits per heavy atom. The van der Waals surface area contributed by atoms with Crippen molar-refractivity contribution in [3.05, 3.63) is 41.5 Å². The van der Waals surface area contributed by atoms with Crippen molar-refractivity contribution >= 4 is 5.78 Å². The number of rotatable bonds is 2. The van der Waals surface area contributed by atoms with Crippen molar-refractivity contribution in [1.29, 1.82) is 0 Å². The third-order valence-corrected chi connectivity index (χ3v) is 2.22. The zero-order chi connectivity index (χ0) is 11.7. The van der Waals surface area contributed by atoms with Crippen LogP contribution in [0.4, 0.5) is 4.39 Å². The minimum absolute atomic E-state index is 0.144. The lowest BCUT2D eigenvalue weighted by Gasteiger charge is -1.93. The Bertz CT molecular complexity index is 528. The highest BCUT2D eigenvalue weighted by atomic mass is 19.1. The van der Waals surface area contributed by atoms with Crippen molar-refractivity contribution in [2.45, 2.75) is 13.8 Å². The van der Waals surface area contributed by atoms with Crippen molar-refractivity contribution in [2.75, 3.05) is 0 Å². The minimum Gasteiger partial charge on any atom is -0.441 e. The summed E-state index contributed by atoms with van der Waals surface area (Å²) in [6, 6.07) is 5.76. The van der Waals surface area contributed by atoms with E-state index in [1.165, 1.54) is 19.1 Å². The predicted octanol–water partition coefficient (Wildman–Crippen LogP) is 2.99. The number of oxazole rings is 1. The van der Waals surface area contributed by atoms with E-state index in [0.29, 0.717) is 22.9 Å². The van der Waals surface area contributed by atoms with E-state index in [4.69, 9.17) is 4.42 Å². The first kappa shape index (κ1) is 10.5. The Kier molecular flexibility index (Phi) is 2.56. The lowest BCUT2D eigenvalue weighted by Crippen LogP contribution is -1.94. The lowest BCUT2D eigenvalue weighted by molar-refractivity contribution is 0.101. The third kappa shape index (κ3) is 1.86. The summed E-state index contributed by atoms with van der Waals surface area (Å²) >= 11 is 0. The monoisotopic (exact) mass is 219 g/mol. The van der Waals surface area contributed by atoms with Crippen LogP contribution >= 0.6 is 0 Å². The second-order valence-electron chi connectivity index (χ2n) is 3.49. The summed E-state index contributed by atoms with van der Waals surface area (Å²) in [5.74, 6) is 0.350. The van der Waals surface area contributed by atoms with Crippen LogP contribution in [-0.4, -0.2) is 10.8 Å². The number of Topliss-reactive ketones (excluding diaryl/α,β-unsaturated/α-hetero) is 1. The average Bonchev–Trinajstić information content (AvgIpc) is 2.61. The Balaban J connectivity index is 2.45.